The Labute approximate surface area is 67.9 Å². The fourth-order valence-corrected chi connectivity index (χ4v) is 1.93. The predicted octanol–water partition coefficient (Wildman–Crippen LogP) is 1.98. The maximum atomic E-state index is 10.2. The lowest BCUT2D eigenvalue weighted by molar-refractivity contribution is -0.137. The quantitative estimate of drug-likeness (QED) is 0.571. The third-order valence-corrected chi connectivity index (χ3v) is 4.17. The van der Waals surface area contributed by atoms with Crippen LogP contribution < -0.4 is 0 Å². The average Bonchev–Trinajstić information content (AvgIpc) is 2.12. The molecule has 0 unspecified atom stereocenters. The largest absolute Gasteiger partial charge is 0.460 e. The third-order valence-electron chi connectivity index (χ3n) is 4.17. The van der Waals surface area contributed by atoms with E-state index >= 15 is 0 Å². The van der Waals surface area contributed by atoms with Gasteiger partial charge in [0.2, 0.25) is 0 Å². The van der Waals surface area contributed by atoms with Gasteiger partial charge >= 0.3 is 0 Å². The lowest BCUT2D eigenvalue weighted by Crippen LogP contribution is -2.17. The molecule has 64 valence electrons. The van der Waals surface area contributed by atoms with Gasteiger partial charge in [-0.05, 0) is 6.92 Å². The second kappa shape index (κ2) is 1.79. The monoisotopic (exact) mass is 156 g/mol. The summed E-state index contributed by atoms with van der Waals surface area (Å²) in [6, 6.07) is 0. The van der Waals surface area contributed by atoms with Crippen LogP contribution in [0, 0.1) is 10.8 Å². The highest BCUT2D eigenvalue weighted by Crippen LogP contribution is 2.72. The fraction of sp³-hybridized carbons (Fsp3) is 0.889. The summed E-state index contributed by atoms with van der Waals surface area (Å²) in [5, 5.41) is 0. The molecule has 0 radical (unpaired) electrons. The van der Waals surface area contributed by atoms with Gasteiger partial charge in [-0.1, -0.05) is 27.7 Å². The second-order valence-electron chi connectivity index (χ2n) is 4.50. The van der Waals surface area contributed by atoms with Crippen molar-refractivity contribution in [1.82, 2.24) is 0 Å². The minimum atomic E-state index is -0.276. The topological polar surface area (TPSA) is 26.3 Å². The molecule has 0 bridgehead atoms. The summed E-state index contributed by atoms with van der Waals surface area (Å²) in [6.45, 7) is 11.0. The normalized spacial score (nSPS) is 29.2. The van der Waals surface area contributed by atoms with Gasteiger partial charge in [-0.2, -0.15) is 0 Å². The van der Waals surface area contributed by atoms with Crippen molar-refractivity contribution < 1.29 is 9.53 Å². The van der Waals surface area contributed by atoms with E-state index in [1.807, 2.05) is 6.92 Å². The minimum absolute atomic E-state index is 0.0981. The molecule has 0 amide bonds. The van der Waals surface area contributed by atoms with Crippen molar-refractivity contribution in [3.8, 4) is 0 Å². The van der Waals surface area contributed by atoms with Crippen LogP contribution in [0.2, 0.25) is 0 Å². The van der Waals surface area contributed by atoms with Gasteiger partial charge in [-0.15, -0.1) is 0 Å². The zero-order chi connectivity index (χ0) is 8.91. The van der Waals surface area contributed by atoms with Crippen LogP contribution in [-0.2, 0) is 9.53 Å². The molecule has 1 rings (SSSR count). The Morgan fingerprint density at radius 1 is 1.00 bits per heavy atom. The van der Waals surface area contributed by atoms with E-state index in [4.69, 9.17) is 4.74 Å². The predicted molar refractivity (Wildman–Crippen MR) is 43.1 cm³/mol. The van der Waals surface area contributed by atoms with Gasteiger partial charge in [0, 0.05) is 10.8 Å². The molecule has 11 heavy (non-hydrogen) atoms. The molecule has 2 heteroatoms. The highest BCUT2D eigenvalue weighted by molar-refractivity contribution is 5.42. The van der Waals surface area contributed by atoms with E-state index < -0.39 is 0 Å². The van der Waals surface area contributed by atoms with E-state index in [1.54, 1.807) is 0 Å². The molecule has 1 saturated carbocycles. The number of carbonyl (C=O) groups is 1. The first-order chi connectivity index (χ1) is 4.81. The minimum Gasteiger partial charge on any atom is -0.460 e. The summed E-state index contributed by atoms with van der Waals surface area (Å²) in [6.07, 6.45) is 0. The molecule has 2 nitrogen and oxygen atoms in total. The van der Waals surface area contributed by atoms with E-state index in [-0.39, 0.29) is 16.4 Å². The van der Waals surface area contributed by atoms with E-state index in [2.05, 4.69) is 27.7 Å². The first-order valence-corrected chi connectivity index (χ1v) is 3.93. The number of hydrogen-bond donors (Lipinski definition) is 0. The molecule has 0 N–H and O–H groups in total. The van der Waals surface area contributed by atoms with Gasteiger partial charge in [-0.3, -0.25) is 4.79 Å². The van der Waals surface area contributed by atoms with Crippen LogP contribution in [-0.4, -0.2) is 12.1 Å². The maximum Gasteiger partial charge on any atom is 0.293 e. The lowest BCUT2D eigenvalue weighted by Gasteiger charge is -2.12. The molecule has 1 aliphatic carbocycles. The van der Waals surface area contributed by atoms with Crippen molar-refractivity contribution >= 4 is 6.47 Å². The van der Waals surface area contributed by atoms with Crippen molar-refractivity contribution in [2.45, 2.75) is 40.2 Å². The van der Waals surface area contributed by atoms with E-state index in [0.717, 1.165) is 0 Å². The zero-order valence-corrected chi connectivity index (χ0v) is 7.89. The molecule has 0 atom stereocenters. The van der Waals surface area contributed by atoms with Crippen LogP contribution in [0.4, 0.5) is 0 Å². The molecule has 1 fully saturated rings. The number of rotatable bonds is 2. The van der Waals surface area contributed by atoms with E-state index in [0.29, 0.717) is 6.47 Å². The fourth-order valence-electron chi connectivity index (χ4n) is 1.93. The molecule has 0 aromatic heterocycles. The van der Waals surface area contributed by atoms with Crippen LogP contribution in [0.5, 0.6) is 0 Å². The van der Waals surface area contributed by atoms with Crippen molar-refractivity contribution in [2.24, 2.45) is 10.8 Å². The van der Waals surface area contributed by atoms with Crippen LogP contribution in [0.25, 0.3) is 0 Å². The first kappa shape index (κ1) is 8.57. The molecule has 1 aliphatic rings. The summed E-state index contributed by atoms with van der Waals surface area (Å²) >= 11 is 0. The third kappa shape index (κ3) is 0.652. The molecule has 0 spiro atoms. The zero-order valence-electron chi connectivity index (χ0n) is 7.89. The summed E-state index contributed by atoms with van der Waals surface area (Å²) in [7, 11) is 0. The van der Waals surface area contributed by atoms with Crippen molar-refractivity contribution in [3.05, 3.63) is 0 Å². The second-order valence-corrected chi connectivity index (χ2v) is 4.50. The highest BCUT2D eigenvalue weighted by Gasteiger charge is 2.77. The van der Waals surface area contributed by atoms with Crippen LogP contribution in [0.1, 0.15) is 34.6 Å². The molecular weight excluding hydrogens is 140 g/mol. The SMILES string of the molecule is CC1(C)C(C)(C)C1(C)OC=O. The molecule has 0 aliphatic heterocycles. The van der Waals surface area contributed by atoms with Crippen LogP contribution >= 0.6 is 0 Å². The Morgan fingerprint density at radius 2 is 1.36 bits per heavy atom. The molecule has 0 aromatic rings. The Morgan fingerprint density at radius 3 is 1.45 bits per heavy atom. The molecule has 0 aromatic carbocycles. The standard InChI is InChI=1S/C9H16O2/c1-7(2)8(3,4)9(7,5)11-6-10/h6H,1-5H3. The van der Waals surface area contributed by atoms with Crippen molar-refractivity contribution in [2.75, 3.05) is 0 Å². The summed E-state index contributed by atoms with van der Waals surface area (Å²) in [5.74, 6) is 0. The Kier molecular flexibility index (Phi) is 1.40. The Balaban J connectivity index is 2.86. The van der Waals surface area contributed by atoms with Gasteiger partial charge in [0.1, 0.15) is 5.60 Å². The van der Waals surface area contributed by atoms with Crippen molar-refractivity contribution in [3.63, 3.8) is 0 Å². The van der Waals surface area contributed by atoms with Gasteiger partial charge in [-0.25, -0.2) is 0 Å². The van der Waals surface area contributed by atoms with Gasteiger partial charge in [0.25, 0.3) is 6.47 Å². The van der Waals surface area contributed by atoms with E-state index in [9.17, 15) is 4.79 Å². The Hall–Kier alpha value is -0.530. The number of carbonyl (C=O) groups excluding carboxylic acids is 1. The molecular formula is C9H16O2. The smallest absolute Gasteiger partial charge is 0.293 e. The summed E-state index contributed by atoms with van der Waals surface area (Å²) in [4.78, 5) is 10.2. The van der Waals surface area contributed by atoms with Gasteiger partial charge in [0.15, 0.2) is 0 Å². The van der Waals surface area contributed by atoms with Crippen LogP contribution in [0.15, 0.2) is 0 Å². The number of hydrogen-bond acceptors (Lipinski definition) is 2. The average molecular weight is 156 g/mol. The van der Waals surface area contributed by atoms with Gasteiger partial charge in [0.05, 0.1) is 0 Å². The Bertz CT molecular complexity index is 178. The lowest BCUT2D eigenvalue weighted by atomic mass is 10.0. The molecule has 0 saturated heterocycles. The summed E-state index contributed by atoms with van der Waals surface area (Å²) in [5.41, 5.74) is -0.0798. The summed E-state index contributed by atoms with van der Waals surface area (Å²) < 4.78 is 5.09. The van der Waals surface area contributed by atoms with Gasteiger partial charge < -0.3 is 4.74 Å². The van der Waals surface area contributed by atoms with Crippen LogP contribution in [0.3, 0.4) is 0 Å². The first-order valence-electron chi connectivity index (χ1n) is 3.93. The van der Waals surface area contributed by atoms with Crippen molar-refractivity contribution in [1.29, 1.82) is 0 Å². The highest BCUT2D eigenvalue weighted by atomic mass is 16.5. The maximum absolute atomic E-state index is 10.2. The number of ether oxygens (including phenoxy) is 1. The molecule has 0 heterocycles. The van der Waals surface area contributed by atoms with E-state index in [1.165, 1.54) is 0 Å².